The zero-order valence-electron chi connectivity index (χ0n) is 21.0. The summed E-state index contributed by atoms with van der Waals surface area (Å²) in [5.74, 6) is -4.27. The minimum atomic E-state index is -1.24. The molecule has 0 aliphatic heterocycles. The van der Waals surface area contributed by atoms with Gasteiger partial charge in [0.1, 0.15) is 17.5 Å². The maximum atomic E-state index is 14.3. The molecule has 0 spiro atoms. The molecule has 0 aliphatic carbocycles. The molecule has 6 heteroatoms. The number of unbranched alkanes of at least 4 members (excludes halogenated alkanes) is 5. The van der Waals surface area contributed by atoms with Gasteiger partial charge < -0.3 is 14.2 Å². The molecule has 0 N–H and O–H groups in total. The van der Waals surface area contributed by atoms with Gasteiger partial charge in [-0.1, -0.05) is 69.7 Å². The Bertz CT molecular complexity index is 814. The smallest absolute Gasteiger partial charge is 0.290 e. The third-order valence-corrected chi connectivity index (χ3v) is 5.92. The van der Waals surface area contributed by atoms with Crippen molar-refractivity contribution < 1.29 is 27.4 Å². The maximum absolute atomic E-state index is 14.3. The lowest BCUT2D eigenvalue weighted by Gasteiger charge is -2.39. The highest BCUT2D eigenvalue weighted by Gasteiger charge is 2.42. The second-order valence-electron chi connectivity index (χ2n) is 8.38. The van der Waals surface area contributed by atoms with E-state index in [9.17, 15) is 13.2 Å². The predicted molar refractivity (Wildman–Crippen MR) is 130 cm³/mol. The Morgan fingerprint density at radius 2 is 1.21 bits per heavy atom. The van der Waals surface area contributed by atoms with Crippen molar-refractivity contribution in [3.8, 4) is 11.1 Å². The molecule has 0 saturated carbocycles. The maximum Gasteiger partial charge on any atom is 0.290 e. The average molecular weight is 481 g/mol. The fourth-order valence-corrected chi connectivity index (χ4v) is 4.41. The van der Waals surface area contributed by atoms with Crippen LogP contribution in [-0.2, 0) is 14.2 Å². The fourth-order valence-electron chi connectivity index (χ4n) is 4.41. The van der Waals surface area contributed by atoms with Crippen LogP contribution in [0.3, 0.4) is 0 Å². The van der Waals surface area contributed by atoms with Crippen LogP contribution in [0.15, 0.2) is 36.4 Å². The monoisotopic (exact) mass is 480 g/mol. The van der Waals surface area contributed by atoms with Crippen molar-refractivity contribution in [2.45, 2.75) is 84.5 Å². The average Bonchev–Trinajstić information content (AvgIpc) is 2.79. The summed E-state index contributed by atoms with van der Waals surface area (Å²) in [4.78, 5) is 0. The van der Waals surface area contributed by atoms with Crippen LogP contribution >= 0.6 is 0 Å². The number of hydrogen-bond donors (Lipinski definition) is 0. The summed E-state index contributed by atoms with van der Waals surface area (Å²) >= 11 is 0. The van der Waals surface area contributed by atoms with Gasteiger partial charge >= 0.3 is 0 Å². The van der Waals surface area contributed by atoms with E-state index in [0.29, 0.717) is 37.5 Å². The molecule has 3 nitrogen and oxygen atoms in total. The van der Waals surface area contributed by atoms with E-state index in [0.717, 1.165) is 24.8 Å². The van der Waals surface area contributed by atoms with Crippen LogP contribution in [0.2, 0.25) is 0 Å². The largest absolute Gasteiger partial charge is 0.327 e. The molecule has 2 aromatic carbocycles. The molecule has 2 aromatic rings. The third kappa shape index (κ3) is 7.56. The molecular weight excluding hydrogens is 441 g/mol. The van der Waals surface area contributed by atoms with E-state index < -0.39 is 23.4 Å². The summed E-state index contributed by atoms with van der Waals surface area (Å²) in [5, 5.41) is 0. The van der Waals surface area contributed by atoms with Gasteiger partial charge in [0.05, 0.1) is 11.5 Å². The lowest BCUT2D eigenvalue weighted by atomic mass is 9.89. The van der Waals surface area contributed by atoms with Gasteiger partial charge in [-0.2, -0.15) is 0 Å². The molecule has 0 bridgehead atoms. The summed E-state index contributed by atoms with van der Waals surface area (Å²) in [6, 6.07) is 8.33. The van der Waals surface area contributed by atoms with Gasteiger partial charge in [0.25, 0.3) is 5.97 Å². The van der Waals surface area contributed by atoms with Crippen LogP contribution in [-0.4, -0.2) is 25.8 Å². The molecule has 0 amide bonds. The standard InChI is InChI=1S/C28H39F3O3/c1-5-9-10-11-12-13-14-24(28(32-6-2,33-7-3)34-8-4)21-15-17-22(18-16-21)27-25(30)19-23(29)20-26(27)31/h15-20,24H,5-14H2,1-4H3. The van der Waals surface area contributed by atoms with Crippen LogP contribution in [0.5, 0.6) is 0 Å². The Labute approximate surface area is 202 Å². The number of hydrogen-bond acceptors (Lipinski definition) is 3. The van der Waals surface area contributed by atoms with Crippen molar-refractivity contribution in [3.63, 3.8) is 0 Å². The first-order valence-corrected chi connectivity index (χ1v) is 12.6. The van der Waals surface area contributed by atoms with Crippen LogP contribution in [0, 0.1) is 17.5 Å². The van der Waals surface area contributed by atoms with Gasteiger partial charge in [-0.15, -0.1) is 0 Å². The molecule has 2 rings (SSSR count). The summed E-state index contributed by atoms with van der Waals surface area (Å²) in [5.41, 5.74) is 0.994. The van der Waals surface area contributed by atoms with Crippen molar-refractivity contribution in [2.24, 2.45) is 0 Å². The third-order valence-electron chi connectivity index (χ3n) is 5.92. The zero-order valence-corrected chi connectivity index (χ0v) is 21.0. The fraction of sp³-hybridized carbons (Fsp3) is 0.571. The molecule has 1 unspecified atom stereocenters. The summed E-state index contributed by atoms with van der Waals surface area (Å²) in [7, 11) is 0. The van der Waals surface area contributed by atoms with Gasteiger partial charge in [0, 0.05) is 32.0 Å². The van der Waals surface area contributed by atoms with Gasteiger partial charge in [-0.05, 0) is 38.3 Å². The predicted octanol–water partition coefficient (Wildman–Crippen LogP) is 8.37. The molecule has 0 saturated heterocycles. The molecule has 190 valence electrons. The number of ether oxygens (including phenoxy) is 3. The molecule has 1 atom stereocenters. The highest BCUT2D eigenvalue weighted by atomic mass is 19.1. The lowest BCUT2D eigenvalue weighted by Crippen LogP contribution is -2.45. The first kappa shape index (κ1) is 28.3. The lowest BCUT2D eigenvalue weighted by molar-refractivity contribution is -0.389. The van der Waals surface area contributed by atoms with Crippen LogP contribution < -0.4 is 0 Å². The van der Waals surface area contributed by atoms with Crippen molar-refractivity contribution in [3.05, 3.63) is 59.4 Å². The summed E-state index contributed by atoms with van der Waals surface area (Å²) in [6.07, 6.45) is 7.69. The normalized spacial score (nSPS) is 12.8. The first-order chi connectivity index (χ1) is 16.4. The van der Waals surface area contributed by atoms with Gasteiger partial charge in [0.2, 0.25) is 0 Å². The topological polar surface area (TPSA) is 27.7 Å². The van der Waals surface area contributed by atoms with Crippen molar-refractivity contribution in [1.82, 2.24) is 0 Å². The SMILES string of the molecule is CCCCCCCCC(c1ccc(-c2c(F)cc(F)cc2F)cc1)C(OCC)(OCC)OCC. The summed E-state index contributed by atoms with van der Waals surface area (Å²) < 4.78 is 60.2. The molecule has 0 radical (unpaired) electrons. The Morgan fingerprint density at radius 1 is 0.706 bits per heavy atom. The highest BCUT2D eigenvalue weighted by molar-refractivity contribution is 5.65. The van der Waals surface area contributed by atoms with Crippen molar-refractivity contribution in [1.29, 1.82) is 0 Å². The quantitative estimate of drug-likeness (QED) is 0.178. The second kappa shape index (κ2) is 14.5. The van der Waals surface area contributed by atoms with Crippen LogP contribution in [0.25, 0.3) is 11.1 Å². The van der Waals surface area contributed by atoms with E-state index in [1.54, 1.807) is 12.1 Å². The minimum absolute atomic E-state index is 0.226. The Balaban J connectivity index is 2.37. The van der Waals surface area contributed by atoms with E-state index >= 15 is 0 Å². The molecule has 0 fully saturated rings. The van der Waals surface area contributed by atoms with E-state index in [4.69, 9.17) is 14.2 Å². The Kier molecular flexibility index (Phi) is 12.1. The van der Waals surface area contributed by atoms with Gasteiger partial charge in [-0.25, -0.2) is 13.2 Å². The van der Waals surface area contributed by atoms with E-state index in [-0.39, 0.29) is 11.5 Å². The number of benzene rings is 2. The highest BCUT2D eigenvalue weighted by Crippen LogP contribution is 2.39. The first-order valence-electron chi connectivity index (χ1n) is 12.6. The number of rotatable bonds is 16. The Hall–Kier alpha value is -1.89. The van der Waals surface area contributed by atoms with Crippen molar-refractivity contribution >= 4 is 0 Å². The minimum Gasteiger partial charge on any atom is -0.327 e. The second-order valence-corrected chi connectivity index (χ2v) is 8.38. The van der Waals surface area contributed by atoms with Gasteiger partial charge in [-0.3, -0.25) is 0 Å². The van der Waals surface area contributed by atoms with Gasteiger partial charge in [0.15, 0.2) is 0 Å². The molecule has 0 aromatic heterocycles. The zero-order chi connectivity index (χ0) is 25.0. The summed E-state index contributed by atoms with van der Waals surface area (Å²) in [6.45, 7) is 9.14. The Morgan fingerprint density at radius 3 is 1.71 bits per heavy atom. The van der Waals surface area contributed by atoms with Crippen LogP contribution in [0.4, 0.5) is 13.2 Å². The molecule has 0 aliphatic rings. The molecular formula is C28H39F3O3. The molecule has 0 heterocycles. The van der Waals surface area contributed by atoms with Crippen LogP contribution in [0.1, 0.15) is 84.1 Å². The van der Waals surface area contributed by atoms with E-state index in [1.165, 1.54) is 25.7 Å². The van der Waals surface area contributed by atoms with E-state index in [2.05, 4.69) is 6.92 Å². The van der Waals surface area contributed by atoms with E-state index in [1.807, 2.05) is 32.9 Å². The number of halogens is 3. The van der Waals surface area contributed by atoms with Crippen molar-refractivity contribution in [2.75, 3.05) is 19.8 Å². The molecule has 34 heavy (non-hydrogen) atoms.